The van der Waals surface area contributed by atoms with Crippen molar-refractivity contribution >= 4 is 17.2 Å². The lowest BCUT2D eigenvalue weighted by Crippen LogP contribution is -2.30. The van der Waals surface area contributed by atoms with E-state index in [0.717, 1.165) is 0 Å². The Labute approximate surface area is 75.6 Å². The molecule has 0 saturated carbocycles. The van der Waals surface area contributed by atoms with E-state index in [9.17, 15) is 4.79 Å². The summed E-state index contributed by atoms with van der Waals surface area (Å²) < 4.78 is 0. The molecule has 1 amide bonds. The molecule has 0 spiro atoms. The Kier molecular flexibility index (Phi) is 3.25. The minimum Gasteiger partial charge on any atom is -0.369 e. The van der Waals surface area contributed by atoms with Crippen LogP contribution in [-0.2, 0) is 4.79 Å². The second-order valence-electron chi connectivity index (χ2n) is 2.63. The van der Waals surface area contributed by atoms with E-state index in [1.165, 1.54) is 5.56 Å². The average Bonchev–Trinajstić information content (AvgIpc) is 2.51. The van der Waals surface area contributed by atoms with Crippen molar-refractivity contribution in [3.63, 3.8) is 0 Å². The highest BCUT2D eigenvalue weighted by atomic mass is 32.1. The van der Waals surface area contributed by atoms with Crippen LogP contribution in [0, 0.1) is 0 Å². The Morgan fingerprint density at radius 3 is 3.08 bits per heavy atom. The molecule has 3 nitrogen and oxygen atoms in total. The van der Waals surface area contributed by atoms with Gasteiger partial charge in [0.1, 0.15) is 0 Å². The van der Waals surface area contributed by atoms with Crippen molar-refractivity contribution in [3.8, 4) is 0 Å². The summed E-state index contributed by atoms with van der Waals surface area (Å²) in [6.07, 6.45) is 0. The minimum atomic E-state index is -0.322. The molecule has 4 heteroatoms. The van der Waals surface area contributed by atoms with Crippen molar-refractivity contribution in [3.05, 3.63) is 22.4 Å². The first-order valence-electron chi connectivity index (χ1n) is 3.74. The molecule has 12 heavy (non-hydrogen) atoms. The molecule has 3 N–H and O–H groups in total. The molecule has 66 valence electrons. The zero-order valence-electron chi connectivity index (χ0n) is 6.91. The lowest BCUT2D eigenvalue weighted by molar-refractivity contribution is -0.117. The molecule has 1 atom stereocenters. The van der Waals surface area contributed by atoms with Crippen LogP contribution in [0.3, 0.4) is 0 Å². The third-order valence-corrected chi connectivity index (χ3v) is 2.33. The normalized spacial score (nSPS) is 12.8. The van der Waals surface area contributed by atoms with Gasteiger partial charge in [-0.3, -0.25) is 4.79 Å². The van der Waals surface area contributed by atoms with Crippen LogP contribution >= 0.6 is 11.3 Å². The lowest BCUT2D eigenvalue weighted by atomic mass is 10.2. The molecule has 0 fully saturated rings. The van der Waals surface area contributed by atoms with E-state index in [0.29, 0.717) is 0 Å². The standard InChI is InChI=1S/C8H12N2OS/c1-6(10-4-8(9)11)7-2-3-12-5-7/h2-3,5-6,10H,4H2,1H3,(H2,9,11). The van der Waals surface area contributed by atoms with Crippen LogP contribution in [0.4, 0.5) is 0 Å². The van der Waals surface area contributed by atoms with Crippen LogP contribution in [0.5, 0.6) is 0 Å². The summed E-state index contributed by atoms with van der Waals surface area (Å²) in [6.45, 7) is 2.24. The van der Waals surface area contributed by atoms with E-state index in [1.54, 1.807) is 11.3 Å². The Balaban J connectivity index is 2.39. The fourth-order valence-electron chi connectivity index (χ4n) is 0.893. The van der Waals surface area contributed by atoms with Gasteiger partial charge in [0, 0.05) is 6.04 Å². The van der Waals surface area contributed by atoms with Crippen LogP contribution in [0.1, 0.15) is 18.5 Å². The Morgan fingerprint density at radius 1 is 1.83 bits per heavy atom. The lowest BCUT2D eigenvalue weighted by Gasteiger charge is -2.09. The molecule has 0 aliphatic carbocycles. The number of nitrogens with one attached hydrogen (secondary N) is 1. The average molecular weight is 184 g/mol. The van der Waals surface area contributed by atoms with Crippen LogP contribution in [0.2, 0.25) is 0 Å². The maximum Gasteiger partial charge on any atom is 0.231 e. The summed E-state index contributed by atoms with van der Waals surface area (Å²) >= 11 is 1.65. The summed E-state index contributed by atoms with van der Waals surface area (Å²) in [6, 6.07) is 2.23. The van der Waals surface area contributed by atoms with Crippen molar-refractivity contribution in [2.45, 2.75) is 13.0 Å². The summed E-state index contributed by atoms with van der Waals surface area (Å²) in [5, 5.41) is 7.08. The number of carbonyl (C=O) groups is 1. The fraction of sp³-hybridized carbons (Fsp3) is 0.375. The number of carbonyl (C=O) groups excluding carboxylic acids is 1. The highest BCUT2D eigenvalue weighted by Gasteiger charge is 2.04. The maximum absolute atomic E-state index is 10.4. The topological polar surface area (TPSA) is 55.1 Å². The van der Waals surface area contributed by atoms with Gasteiger partial charge in [-0.25, -0.2) is 0 Å². The van der Waals surface area contributed by atoms with Crippen molar-refractivity contribution in [1.29, 1.82) is 0 Å². The Morgan fingerprint density at radius 2 is 2.58 bits per heavy atom. The first-order chi connectivity index (χ1) is 5.70. The largest absolute Gasteiger partial charge is 0.369 e. The number of amides is 1. The summed E-state index contributed by atoms with van der Waals surface area (Å²) in [4.78, 5) is 10.4. The SMILES string of the molecule is CC(NCC(N)=O)c1ccsc1. The van der Waals surface area contributed by atoms with E-state index in [2.05, 4.69) is 10.7 Å². The van der Waals surface area contributed by atoms with Crippen molar-refractivity contribution in [1.82, 2.24) is 5.32 Å². The summed E-state index contributed by atoms with van der Waals surface area (Å²) in [5.74, 6) is -0.322. The molecule has 1 aromatic heterocycles. The van der Waals surface area contributed by atoms with Gasteiger partial charge in [0.15, 0.2) is 0 Å². The zero-order valence-corrected chi connectivity index (χ0v) is 7.73. The number of thiophene rings is 1. The Bertz CT molecular complexity index is 246. The molecule has 1 rings (SSSR count). The van der Waals surface area contributed by atoms with Gasteiger partial charge in [0.25, 0.3) is 0 Å². The first-order valence-corrected chi connectivity index (χ1v) is 4.68. The van der Waals surface area contributed by atoms with E-state index in [-0.39, 0.29) is 18.5 Å². The van der Waals surface area contributed by atoms with Crippen LogP contribution in [0.25, 0.3) is 0 Å². The van der Waals surface area contributed by atoms with Gasteiger partial charge < -0.3 is 11.1 Å². The molecule has 0 saturated heterocycles. The third-order valence-electron chi connectivity index (χ3n) is 1.63. The van der Waals surface area contributed by atoms with Crippen molar-refractivity contribution < 1.29 is 4.79 Å². The Hall–Kier alpha value is -0.870. The number of hydrogen-bond donors (Lipinski definition) is 2. The van der Waals surface area contributed by atoms with Gasteiger partial charge in [0.05, 0.1) is 6.54 Å². The molecular formula is C8H12N2OS. The van der Waals surface area contributed by atoms with Gasteiger partial charge in [-0.05, 0) is 29.3 Å². The predicted molar refractivity (Wildman–Crippen MR) is 49.9 cm³/mol. The smallest absolute Gasteiger partial charge is 0.231 e. The molecule has 0 bridgehead atoms. The van der Waals surface area contributed by atoms with E-state index < -0.39 is 0 Å². The monoisotopic (exact) mass is 184 g/mol. The summed E-state index contributed by atoms with van der Waals surface area (Å²) in [5.41, 5.74) is 6.19. The highest BCUT2D eigenvalue weighted by Crippen LogP contribution is 2.14. The molecule has 0 aliphatic heterocycles. The molecule has 0 aliphatic rings. The van der Waals surface area contributed by atoms with E-state index in [4.69, 9.17) is 5.73 Å². The molecule has 1 heterocycles. The predicted octanol–water partition coefficient (Wildman–Crippen LogP) is 0.884. The maximum atomic E-state index is 10.4. The summed E-state index contributed by atoms with van der Waals surface area (Å²) in [7, 11) is 0. The van der Waals surface area contributed by atoms with Crippen LogP contribution in [-0.4, -0.2) is 12.5 Å². The van der Waals surface area contributed by atoms with Gasteiger partial charge in [-0.15, -0.1) is 0 Å². The van der Waals surface area contributed by atoms with E-state index in [1.807, 2.05) is 18.4 Å². The second-order valence-corrected chi connectivity index (χ2v) is 3.41. The zero-order chi connectivity index (χ0) is 8.97. The highest BCUT2D eigenvalue weighted by molar-refractivity contribution is 7.07. The van der Waals surface area contributed by atoms with Gasteiger partial charge in [-0.2, -0.15) is 11.3 Å². The number of primary amides is 1. The van der Waals surface area contributed by atoms with Crippen LogP contribution in [0.15, 0.2) is 16.8 Å². The van der Waals surface area contributed by atoms with Crippen molar-refractivity contribution in [2.24, 2.45) is 5.73 Å². The number of nitrogens with two attached hydrogens (primary N) is 1. The van der Waals surface area contributed by atoms with E-state index >= 15 is 0 Å². The third kappa shape index (κ3) is 2.64. The molecule has 0 radical (unpaired) electrons. The quantitative estimate of drug-likeness (QED) is 0.730. The number of rotatable bonds is 4. The van der Waals surface area contributed by atoms with Crippen LogP contribution < -0.4 is 11.1 Å². The first kappa shape index (κ1) is 9.22. The number of hydrogen-bond acceptors (Lipinski definition) is 3. The molecule has 1 aromatic rings. The minimum absolute atomic E-state index is 0.198. The second kappa shape index (κ2) is 4.23. The molecule has 0 aromatic carbocycles. The van der Waals surface area contributed by atoms with Gasteiger partial charge >= 0.3 is 0 Å². The van der Waals surface area contributed by atoms with Gasteiger partial charge in [0.2, 0.25) is 5.91 Å². The molecule has 1 unspecified atom stereocenters. The van der Waals surface area contributed by atoms with Gasteiger partial charge in [-0.1, -0.05) is 0 Å². The fourth-order valence-corrected chi connectivity index (χ4v) is 1.65. The molecular weight excluding hydrogens is 172 g/mol. The van der Waals surface area contributed by atoms with Crippen molar-refractivity contribution in [2.75, 3.05) is 6.54 Å².